The maximum Gasteiger partial charge on any atom is 0.308 e. The van der Waals surface area contributed by atoms with Gasteiger partial charge in [-0.25, -0.2) is 0 Å². The van der Waals surface area contributed by atoms with Gasteiger partial charge in [0, 0.05) is 13.1 Å². The molecule has 2 heterocycles. The summed E-state index contributed by atoms with van der Waals surface area (Å²) in [5.41, 5.74) is 0.731. The number of nitrogens with zero attached hydrogens (tertiary/aromatic N) is 3. The second-order valence-corrected chi connectivity index (χ2v) is 5.48. The molecule has 1 aromatic heterocycles. The predicted octanol–water partition coefficient (Wildman–Crippen LogP) is 1.43. The molecule has 0 spiro atoms. The van der Waals surface area contributed by atoms with Gasteiger partial charge in [0.1, 0.15) is 4.88 Å². The molecule has 1 fully saturated rings. The van der Waals surface area contributed by atoms with Crippen LogP contribution in [0.1, 0.15) is 41.6 Å². The summed E-state index contributed by atoms with van der Waals surface area (Å²) in [5.74, 6) is -1.40. The number of carboxylic acids is 1. The zero-order valence-electron chi connectivity index (χ0n) is 10.8. The molecule has 0 bridgehead atoms. The molecular weight excluding hydrogens is 266 g/mol. The third-order valence-electron chi connectivity index (χ3n) is 3.29. The topological polar surface area (TPSA) is 83.4 Å². The Morgan fingerprint density at radius 1 is 1.53 bits per heavy atom. The Bertz CT molecular complexity index is 475. The number of carboxylic acid groups (broad SMARTS) is 1. The summed E-state index contributed by atoms with van der Waals surface area (Å²) in [6.45, 7) is 2.93. The highest BCUT2D eigenvalue weighted by molar-refractivity contribution is 7.08. The van der Waals surface area contributed by atoms with E-state index in [4.69, 9.17) is 5.11 Å². The van der Waals surface area contributed by atoms with Gasteiger partial charge in [0.25, 0.3) is 5.91 Å². The first-order valence-electron chi connectivity index (χ1n) is 6.46. The summed E-state index contributed by atoms with van der Waals surface area (Å²) >= 11 is 1.10. The molecule has 1 N–H and O–H groups in total. The van der Waals surface area contributed by atoms with Crippen LogP contribution in [0.2, 0.25) is 0 Å². The van der Waals surface area contributed by atoms with Gasteiger partial charge in [0.2, 0.25) is 0 Å². The van der Waals surface area contributed by atoms with E-state index in [0.29, 0.717) is 17.8 Å². The monoisotopic (exact) mass is 283 g/mol. The zero-order valence-corrected chi connectivity index (χ0v) is 11.7. The third-order valence-corrected chi connectivity index (χ3v) is 4.05. The van der Waals surface area contributed by atoms with Crippen LogP contribution in [-0.2, 0) is 11.2 Å². The van der Waals surface area contributed by atoms with E-state index < -0.39 is 11.9 Å². The van der Waals surface area contributed by atoms with E-state index in [9.17, 15) is 9.59 Å². The largest absolute Gasteiger partial charge is 0.481 e. The molecule has 19 heavy (non-hydrogen) atoms. The van der Waals surface area contributed by atoms with Crippen molar-refractivity contribution in [3.05, 3.63) is 10.6 Å². The van der Waals surface area contributed by atoms with Crippen LogP contribution < -0.4 is 0 Å². The predicted molar refractivity (Wildman–Crippen MR) is 70.2 cm³/mol. The normalized spacial score (nSPS) is 19.4. The molecule has 0 aliphatic carbocycles. The summed E-state index contributed by atoms with van der Waals surface area (Å²) < 4.78 is 3.84. The maximum absolute atomic E-state index is 12.4. The lowest BCUT2D eigenvalue weighted by Crippen LogP contribution is -2.42. The van der Waals surface area contributed by atoms with Crippen molar-refractivity contribution >= 4 is 23.4 Å². The van der Waals surface area contributed by atoms with Crippen LogP contribution in [0.3, 0.4) is 0 Å². The van der Waals surface area contributed by atoms with E-state index in [0.717, 1.165) is 36.5 Å². The van der Waals surface area contributed by atoms with Crippen LogP contribution in [0.4, 0.5) is 0 Å². The smallest absolute Gasteiger partial charge is 0.308 e. The highest BCUT2D eigenvalue weighted by atomic mass is 32.1. The number of piperidine rings is 1. The Hall–Kier alpha value is -1.50. The van der Waals surface area contributed by atoms with Crippen molar-refractivity contribution in [2.24, 2.45) is 5.92 Å². The summed E-state index contributed by atoms with van der Waals surface area (Å²) in [6, 6.07) is 0. The van der Waals surface area contributed by atoms with Crippen molar-refractivity contribution in [3.8, 4) is 0 Å². The number of rotatable bonds is 4. The van der Waals surface area contributed by atoms with Gasteiger partial charge in [-0.05, 0) is 30.8 Å². The first-order valence-corrected chi connectivity index (χ1v) is 7.24. The average molecular weight is 283 g/mol. The Labute approximate surface area is 115 Å². The summed E-state index contributed by atoms with van der Waals surface area (Å²) in [6.07, 6.45) is 3.01. The molecule has 1 aliphatic rings. The van der Waals surface area contributed by atoms with E-state index >= 15 is 0 Å². The first-order chi connectivity index (χ1) is 9.13. The molecular formula is C12H17N3O3S. The molecule has 2 rings (SSSR count). The number of amides is 1. The van der Waals surface area contributed by atoms with E-state index in [-0.39, 0.29) is 12.5 Å². The molecule has 1 atom stereocenters. The Morgan fingerprint density at radius 3 is 3.00 bits per heavy atom. The molecule has 1 aliphatic heterocycles. The van der Waals surface area contributed by atoms with E-state index in [2.05, 4.69) is 9.59 Å². The van der Waals surface area contributed by atoms with Crippen molar-refractivity contribution < 1.29 is 14.7 Å². The van der Waals surface area contributed by atoms with Crippen LogP contribution in [0, 0.1) is 5.92 Å². The summed E-state index contributed by atoms with van der Waals surface area (Å²) in [4.78, 5) is 25.6. The summed E-state index contributed by atoms with van der Waals surface area (Å²) in [7, 11) is 0. The Morgan fingerprint density at radius 2 is 2.32 bits per heavy atom. The lowest BCUT2D eigenvalue weighted by Gasteiger charge is -2.30. The van der Waals surface area contributed by atoms with Gasteiger partial charge in [0.15, 0.2) is 0 Å². The Balaban J connectivity index is 2.10. The second kappa shape index (κ2) is 6.10. The van der Waals surface area contributed by atoms with Gasteiger partial charge in [-0.2, -0.15) is 0 Å². The number of carbonyl (C=O) groups is 2. The zero-order chi connectivity index (χ0) is 13.8. The number of aryl methyl sites for hydroxylation is 1. The van der Waals surface area contributed by atoms with Crippen LogP contribution in [0.5, 0.6) is 0 Å². The molecule has 1 aromatic rings. The van der Waals surface area contributed by atoms with E-state index in [1.165, 1.54) is 0 Å². The molecule has 1 amide bonds. The fourth-order valence-corrected chi connectivity index (χ4v) is 2.95. The third kappa shape index (κ3) is 3.09. The van der Waals surface area contributed by atoms with Gasteiger partial charge in [-0.15, -0.1) is 5.10 Å². The van der Waals surface area contributed by atoms with Gasteiger partial charge < -0.3 is 10.0 Å². The molecule has 6 nitrogen and oxygen atoms in total. The fraction of sp³-hybridized carbons (Fsp3) is 0.667. The maximum atomic E-state index is 12.4. The number of aliphatic carboxylic acids is 1. The van der Waals surface area contributed by atoms with E-state index in [1.807, 2.05) is 6.92 Å². The standard InChI is InChI=1S/C12H17N3O3S/c1-2-4-9-10(19-14-13-9)11(16)15-6-3-5-8(7-15)12(17)18/h8H,2-7H2,1H3,(H,17,18)/t8-/m0/s1. The minimum atomic E-state index is -0.825. The van der Waals surface area contributed by atoms with Crippen molar-refractivity contribution in [2.75, 3.05) is 13.1 Å². The number of hydrogen-bond acceptors (Lipinski definition) is 5. The van der Waals surface area contributed by atoms with Crippen molar-refractivity contribution in [3.63, 3.8) is 0 Å². The van der Waals surface area contributed by atoms with Crippen molar-refractivity contribution in [1.29, 1.82) is 0 Å². The average Bonchev–Trinajstić information content (AvgIpc) is 2.86. The van der Waals surface area contributed by atoms with Gasteiger partial charge in [-0.3, -0.25) is 9.59 Å². The second-order valence-electron chi connectivity index (χ2n) is 4.73. The molecule has 1 saturated heterocycles. The van der Waals surface area contributed by atoms with Crippen LogP contribution >= 0.6 is 11.5 Å². The van der Waals surface area contributed by atoms with E-state index in [1.54, 1.807) is 4.90 Å². The summed E-state index contributed by atoms with van der Waals surface area (Å²) in [5, 5.41) is 13.0. The highest BCUT2D eigenvalue weighted by Gasteiger charge is 2.30. The highest BCUT2D eigenvalue weighted by Crippen LogP contribution is 2.21. The minimum Gasteiger partial charge on any atom is -0.481 e. The number of aromatic nitrogens is 2. The van der Waals surface area contributed by atoms with Crippen molar-refractivity contribution in [2.45, 2.75) is 32.6 Å². The van der Waals surface area contributed by atoms with Crippen LogP contribution in [0.15, 0.2) is 0 Å². The molecule has 7 heteroatoms. The molecule has 104 valence electrons. The fourth-order valence-electron chi connectivity index (χ4n) is 2.28. The SMILES string of the molecule is CCCc1nnsc1C(=O)N1CCC[C@H](C(=O)O)C1. The first kappa shape index (κ1) is 13.9. The molecule has 0 aromatic carbocycles. The van der Waals surface area contributed by atoms with Crippen LogP contribution in [0.25, 0.3) is 0 Å². The lowest BCUT2D eigenvalue weighted by atomic mass is 9.98. The number of carbonyl (C=O) groups excluding carboxylic acids is 1. The molecule has 0 radical (unpaired) electrons. The lowest BCUT2D eigenvalue weighted by molar-refractivity contribution is -0.143. The van der Waals surface area contributed by atoms with Gasteiger partial charge >= 0.3 is 5.97 Å². The Kier molecular flexibility index (Phi) is 4.47. The molecule has 0 saturated carbocycles. The number of hydrogen-bond donors (Lipinski definition) is 1. The molecule has 0 unspecified atom stereocenters. The quantitative estimate of drug-likeness (QED) is 0.903. The minimum absolute atomic E-state index is 0.121. The van der Waals surface area contributed by atoms with Gasteiger partial charge in [0.05, 0.1) is 11.6 Å². The van der Waals surface area contributed by atoms with Crippen molar-refractivity contribution in [1.82, 2.24) is 14.5 Å². The van der Waals surface area contributed by atoms with Gasteiger partial charge in [-0.1, -0.05) is 17.8 Å². The van der Waals surface area contributed by atoms with Crippen LogP contribution in [-0.4, -0.2) is 44.6 Å². The number of likely N-dealkylation sites (tertiary alicyclic amines) is 1.